The summed E-state index contributed by atoms with van der Waals surface area (Å²) < 4.78 is 7.86. The lowest BCUT2D eigenvalue weighted by atomic mass is 10.1. The van der Waals surface area contributed by atoms with Crippen LogP contribution in [0.4, 0.5) is 5.82 Å². The number of nitrogens with zero attached hydrogens (tertiary/aromatic N) is 6. The number of hydrogen-bond donors (Lipinski definition) is 2. The van der Waals surface area contributed by atoms with Crippen molar-refractivity contribution < 1.29 is 4.74 Å². The largest absolute Gasteiger partial charge is 0.490 e. The van der Waals surface area contributed by atoms with Gasteiger partial charge in [-0.25, -0.2) is 9.97 Å². The van der Waals surface area contributed by atoms with Gasteiger partial charge in [0.05, 0.1) is 18.1 Å². The lowest BCUT2D eigenvalue weighted by Crippen LogP contribution is -2.47. The van der Waals surface area contributed by atoms with Crippen LogP contribution in [0, 0.1) is 0 Å². The van der Waals surface area contributed by atoms with Crippen molar-refractivity contribution in [3.63, 3.8) is 0 Å². The highest BCUT2D eigenvalue weighted by Gasteiger charge is 2.22. The Morgan fingerprint density at radius 1 is 1.19 bits per heavy atom. The van der Waals surface area contributed by atoms with E-state index in [2.05, 4.69) is 37.5 Å². The molecule has 2 aromatic heterocycles. The lowest BCUT2D eigenvalue weighted by molar-refractivity contribution is 0.129. The number of anilines is 1. The zero-order valence-electron chi connectivity index (χ0n) is 18.6. The minimum absolute atomic E-state index is 0. The molecule has 9 nitrogen and oxygen atoms in total. The highest BCUT2D eigenvalue weighted by molar-refractivity contribution is 14.0. The molecule has 3 heterocycles. The summed E-state index contributed by atoms with van der Waals surface area (Å²) in [6, 6.07) is 10.1. The molecule has 1 aliphatic rings. The molecule has 4 rings (SSSR count). The molecule has 2 N–H and O–H groups in total. The molecule has 0 spiro atoms. The monoisotopic (exact) mass is 550 g/mol. The Balaban J connectivity index is 0.00000289. The maximum atomic E-state index is 6.11. The van der Waals surface area contributed by atoms with Crippen molar-refractivity contribution in [3.8, 4) is 5.75 Å². The van der Waals surface area contributed by atoms with Gasteiger partial charge in [0.1, 0.15) is 24.0 Å². The van der Waals surface area contributed by atoms with Gasteiger partial charge in [-0.3, -0.25) is 9.67 Å². The zero-order chi connectivity index (χ0) is 21.5. The van der Waals surface area contributed by atoms with Gasteiger partial charge in [0.25, 0.3) is 0 Å². The molecule has 0 bridgehead atoms. The Bertz CT molecular complexity index is 1000. The SMILES string of the molecule is CCNC(=NCCNc1ncnc2c1cnn2C)N1CCC(Oc2ccccc2)CC1.I. The second-order valence-electron chi connectivity index (χ2n) is 7.51. The zero-order valence-corrected chi connectivity index (χ0v) is 20.9. The third-order valence-corrected chi connectivity index (χ3v) is 5.32. The number of rotatable bonds is 7. The standard InChI is InChI=1S/C22H30N8O.HI/c1-3-23-22(30-13-9-18(10-14-30)31-17-7-5-4-6-8-17)25-12-11-24-20-19-15-28-29(2)21(19)27-16-26-20;/h4-8,15-16,18H,3,9-14H2,1-2H3,(H,23,25)(H,24,26,27);1H. The van der Waals surface area contributed by atoms with Gasteiger partial charge in [0.15, 0.2) is 11.6 Å². The Hall–Kier alpha value is -2.63. The fourth-order valence-electron chi connectivity index (χ4n) is 3.74. The first-order chi connectivity index (χ1) is 15.2. The van der Waals surface area contributed by atoms with E-state index < -0.39 is 0 Å². The van der Waals surface area contributed by atoms with Crippen molar-refractivity contribution in [2.24, 2.45) is 12.0 Å². The number of halogens is 1. The summed E-state index contributed by atoms with van der Waals surface area (Å²) in [4.78, 5) is 15.7. The fourth-order valence-corrected chi connectivity index (χ4v) is 3.74. The van der Waals surface area contributed by atoms with E-state index in [1.54, 1.807) is 17.2 Å². The minimum atomic E-state index is 0. The number of guanidine groups is 1. The fraction of sp³-hybridized carbons (Fsp3) is 0.455. The smallest absolute Gasteiger partial charge is 0.193 e. The van der Waals surface area contributed by atoms with Crippen LogP contribution in [-0.2, 0) is 7.05 Å². The molecule has 0 atom stereocenters. The van der Waals surface area contributed by atoms with E-state index in [-0.39, 0.29) is 30.1 Å². The van der Waals surface area contributed by atoms with Gasteiger partial charge in [0, 0.05) is 46.1 Å². The Morgan fingerprint density at radius 3 is 2.72 bits per heavy atom. The lowest BCUT2D eigenvalue weighted by Gasteiger charge is -2.34. The third-order valence-electron chi connectivity index (χ3n) is 5.32. The summed E-state index contributed by atoms with van der Waals surface area (Å²) in [7, 11) is 1.88. The summed E-state index contributed by atoms with van der Waals surface area (Å²) in [5.41, 5.74) is 0.815. The second kappa shape index (κ2) is 11.8. The molecule has 0 saturated carbocycles. The van der Waals surface area contributed by atoms with Crippen LogP contribution in [0.15, 0.2) is 47.8 Å². The van der Waals surface area contributed by atoms with Gasteiger partial charge in [0.2, 0.25) is 0 Å². The average molecular weight is 550 g/mol. The Morgan fingerprint density at radius 2 is 1.97 bits per heavy atom. The Kier molecular flexibility index (Phi) is 8.89. The van der Waals surface area contributed by atoms with Gasteiger partial charge < -0.3 is 20.3 Å². The van der Waals surface area contributed by atoms with Crippen LogP contribution in [0.1, 0.15) is 19.8 Å². The number of aromatic nitrogens is 4. The molecule has 10 heteroatoms. The van der Waals surface area contributed by atoms with Crippen LogP contribution in [0.3, 0.4) is 0 Å². The highest BCUT2D eigenvalue weighted by atomic mass is 127. The van der Waals surface area contributed by atoms with E-state index in [0.717, 1.165) is 61.0 Å². The minimum Gasteiger partial charge on any atom is -0.490 e. The summed E-state index contributed by atoms with van der Waals surface area (Å²) in [5.74, 6) is 2.69. The quantitative estimate of drug-likeness (QED) is 0.202. The second-order valence-corrected chi connectivity index (χ2v) is 7.51. The first kappa shape index (κ1) is 24.0. The van der Waals surface area contributed by atoms with Crippen LogP contribution < -0.4 is 15.4 Å². The summed E-state index contributed by atoms with van der Waals surface area (Å²) >= 11 is 0. The highest BCUT2D eigenvalue weighted by Crippen LogP contribution is 2.19. The van der Waals surface area contributed by atoms with E-state index in [9.17, 15) is 0 Å². The van der Waals surface area contributed by atoms with Crippen molar-refractivity contribution >= 4 is 46.8 Å². The molecule has 1 aliphatic heterocycles. The molecular formula is C22H31IN8O. The molecule has 3 aromatic rings. The van der Waals surface area contributed by atoms with Gasteiger partial charge in [-0.05, 0) is 19.1 Å². The van der Waals surface area contributed by atoms with E-state index in [4.69, 9.17) is 9.73 Å². The normalized spacial score (nSPS) is 14.8. The molecule has 1 saturated heterocycles. The first-order valence-corrected chi connectivity index (χ1v) is 10.9. The third kappa shape index (κ3) is 5.99. The van der Waals surface area contributed by atoms with E-state index >= 15 is 0 Å². The molecule has 0 amide bonds. The molecule has 0 aliphatic carbocycles. The number of aryl methyl sites for hydroxylation is 1. The molecule has 1 aromatic carbocycles. The van der Waals surface area contributed by atoms with E-state index in [1.165, 1.54) is 0 Å². The number of hydrogen-bond acceptors (Lipinski definition) is 6. The summed E-state index contributed by atoms with van der Waals surface area (Å²) in [6.45, 7) is 6.13. The van der Waals surface area contributed by atoms with Crippen molar-refractivity contribution in [2.75, 3.05) is 38.0 Å². The molecule has 0 unspecified atom stereocenters. The number of para-hydroxylation sites is 1. The van der Waals surface area contributed by atoms with E-state index in [0.29, 0.717) is 13.1 Å². The number of aliphatic imine (C=N–C) groups is 1. The van der Waals surface area contributed by atoms with Crippen LogP contribution in [0.25, 0.3) is 11.0 Å². The molecule has 1 fully saturated rings. The number of ether oxygens (including phenoxy) is 1. The van der Waals surface area contributed by atoms with Crippen molar-refractivity contribution in [3.05, 3.63) is 42.9 Å². The molecule has 32 heavy (non-hydrogen) atoms. The number of nitrogens with one attached hydrogen (secondary N) is 2. The van der Waals surface area contributed by atoms with Crippen LogP contribution in [-0.4, -0.2) is 69.4 Å². The van der Waals surface area contributed by atoms with E-state index in [1.807, 2.05) is 37.4 Å². The van der Waals surface area contributed by atoms with Crippen LogP contribution in [0.2, 0.25) is 0 Å². The molecule has 0 radical (unpaired) electrons. The first-order valence-electron chi connectivity index (χ1n) is 10.9. The predicted octanol–water partition coefficient (Wildman–Crippen LogP) is 2.90. The van der Waals surface area contributed by atoms with Crippen molar-refractivity contribution in [2.45, 2.75) is 25.9 Å². The van der Waals surface area contributed by atoms with Crippen LogP contribution in [0.5, 0.6) is 5.75 Å². The van der Waals surface area contributed by atoms with Gasteiger partial charge in [-0.2, -0.15) is 5.10 Å². The van der Waals surface area contributed by atoms with Gasteiger partial charge in [-0.15, -0.1) is 24.0 Å². The topological polar surface area (TPSA) is 92.5 Å². The van der Waals surface area contributed by atoms with Crippen molar-refractivity contribution in [1.82, 2.24) is 30.0 Å². The summed E-state index contributed by atoms with van der Waals surface area (Å²) in [6.07, 6.45) is 5.56. The molecular weight excluding hydrogens is 519 g/mol. The maximum absolute atomic E-state index is 6.11. The van der Waals surface area contributed by atoms with Gasteiger partial charge in [-0.1, -0.05) is 18.2 Å². The van der Waals surface area contributed by atoms with Crippen molar-refractivity contribution in [1.29, 1.82) is 0 Å². The number of fused-ring (bicyclic) bond motifs is 1. The van der Waals surface area contributed by atoms with Gasteiger partial charge >= 0.3 is 0 Å². The molecule has 172 valence electrons. The number of likely N-dealkylation sites (tertiary alicyclic amines) is 1. The number of piperidine rings is 1. The summed E-state index contributed by atoms with van der Waals surface area (Å²) in [5, 5.41) is 11.9. The maximum Gasteiger partial charge on any atom is 0.193 e. The average Bonchev–Trinajstić information content (AvgIpc) is 3.19. The number of benzene rings is 1. The van der Waals surface area contributed by atoms with Crippen LogP contribution >= 0.6 is 24.0 Å². The Labute approximate surface area is 205 Å². The predicted molar refractivity (Wildman–Crippen MR) is 138 cm³/mol.